The molecule has 7 heteroatoms. The zero-order valence-corrected chi connectivity index (χ0v) is 9.64. The number of aliphatic carboxylic acids is 2. The van der Waals surface area contributed by atoms with Crippen molar-refractivity contribution in [3.63, 3.8) is 0 Å². The molecule has 2 N–H and O–H groups in total. The Labute approximate surface area is 89.5 Å². The first-order valence-electron chi connectivity index (χ1n) is 3.74. The number of hydrogen-bond donors (Lipinski definition) is 2. The van der Waals surface area contributed by atoms with E-state index < -0.39 is 11.9 Å². The average Bonchev–Trinajstić information content (AvgIpc) is 2.00. The van der Waals surface area contributed by atoms with Crippen LogP contribution >= 0.6 is 0 Å². The van der Waals surface area contributed by atoms with Crippen LogP contribution in [0.2, 0.25) is 0 Å². The molecule has 0 rings (SSSR count). The molecule has 0 aliphatic heterocycles. The molecular weight excluding hydrogens is 255 g/mol. The van der Waals surface area contributed by atoms with Crippen LogP contribution in [-0.4, -0.2) is 79.4 Å². The Bertz CT molecular complexity index is 232. The summed E-state index contributed by atoms with van der Waals surface area (Å²) in [5, 5.41) is 17.0. The third-order valence-electron chi connectivity index (χ3n) is 1.40. The van der Waals surface area contributed by atoms with E-state index in [1.807, 2.05) is 0 Å². The van der Waals surface area contributed by atoms with Crippen molar-refractivity contribution in [1.29, 1.82) is 0 Å². The second-order valence-electron chi connectivity index (χ2n) is 2.78. The monoisotopic (exact) mass is 268 g/mol. The summed E-state index contributed by atoms with van der Waals surface area (Å²) in [5.41, 5.74) is 0. The van der Waals surface area contributed by atoms with Gasteiger partial charge in [-0.3, -0.25) is 0 Å². The van der Waals surface area contributed by atoms with Gasteiger partial charge < -0.3 is 0 Å². The quantitative estimate of drug-likeness (QED) is 0.557. The fraction of sp³-hybridized carbons (Fsp3) is 0.571. The van der Waals surface area contributed by atoms with Crippen LogP contribution in [0, 0.1) is 0 Å². The Morgan fingerprint density at radius 3 is 1.57 bits per heavy atom. The number of carboxylic acids is 2. The van der Waals surface area contributed by atoms with Crippen LogP contribution in [0.5, 0.6) is 0 Å². The summed E-state index contributed by atoms with van der Waals surface area (Å²) in [4.78, 5) is 23.6. The van der Waals surface area contributed by atoms with E-state index in [0.717, 1.165) is 0 Å². The molecule has 0 aromatic rings. The SMILES string of the molecule is CN(CC(=O)O)C(=[Se])N(C)CC(=O)O. The molecule has 0 aromatic carbocycles. The van der Waals surface area contributed by atoms with Crippen LogP contribution in [0.3, 0.4) is 0 Å². The average molecular weight is 267 g/mol. The van der Waals surface area contributed by atoms with Gasteiger partial charge in [0.25, 0.3) is 0 Å². The van der Waals surface area contributed by atoms with Gasteiger partial charge >= 0.3 is 89.0 Å². The minimum atomic E-state index is -0.969. The zero-order valence-electron chi connectivity index (χ0n) is 7.93. The van der Waals surface area contributed by atoms with E-state index >= 15 is 0 Å². The fourth-order valence-corrected chi connectivity index (χ4v) is 1.10. The van der Waals surface area contributed by atoms with Crippen LogP contribution in [0.25, 0.3) is 0 Å². The van der Waals surface area contributed by atoms with Crippen molar-refractivity contribution >= 4 is 32.2 Å². The number of carboxylic acid groups (broad SMARTS) is 2. The van der Waals surface area contributed by atoms with Crippen molar-refractivity contribution in [1.82, 2.24) is 9.80 Å². The summed E-state index contributed by atoms with van der Waals surface area (Å²) in [6.07, 6.45) is 0. The molecule has 6 nitrogen and oxygen atoms in total. The third kappa shape index (κ3) is 4.83. The van der Waals surface area contributed by atoms with E-state index in [1.54, 1.807) is 14.1 Å². The van der Waals surface area contributed by atoms with Gasteiger partial charge in [-0.05, 0) is 0 Å². The Morgan fingerprint density at radius 1 is 1.07 bits per heavy atom. The third-order valence-corrected chi connectivity index (χ3v) is 2.71. The molecule has 14 heavy (non-hydrogen) atoms. The molecule has 0 unspecified atom stereocenters. The second-order valence-corrected chi connectivity index (χ2v) is 3.55. The van der Waals surface area contributed by atoms with Gasteiger partial charge in [0.05, 0.1) is 0 Å². The summed E-state index contributed by atoms with van der Waals surface area (Å²) in [5.74, 6) is -1.94. The van der Waals surface area contributed by atoms with E-state index in [1.165, 1.54) is 9.80 Å². The molecule has 0 spiro atoms. The first-order chi connectivity index (χ1) is 6.34. The normalized spacial score (nSPS) is 9.29. The van der Waals surface area contributed by atoms with Gasteiger partial charge in [-0.15, -0.1) is 0 Å². The summed E-state index contributed by atoms with van der Waals surface area (Å²) in [7, 11) is 3.14. The Kier molecular flexibility index (Phi) is 5.19. The number of hydrogen-bond acceptors (Lipinski definition) is 4. The maximum absolute atomic E-state index is 10.4. The minimum absolute atomic E-state index is 0.174. The molecule has 0 atom stereocenters. The van der Waals surface area contributed by atoms with Gasteiger partial charge in [-0.2, -0.15) is 0 Å². The van der Waals surface area contributed by atoms with Crippen LogP contribution in [-0.2, 0) is 9.59 Å². The number of rotatable bonds is 6. The van der Waals surface area contributed by atoms with Crippen molar-refractivity contribution in [2.24, 2.45) is 0 Å². The van der Waals surface area contributed by atoms with Gasteiger partial charge in [0.15, 0.2) is 0 Å². The predicted molar refractivity (Wildman–Crippen MR) is 51.3 cm³/mol. The standard InChI is InChI=1S/C7H12N2O4Se/c1-8(3-5(10)11)7(14)9(2)4-6(12)13/h3-4H2,1-2H3,(H,10,11)(H,12,13). The molecule has 0 saturated carbocycles. The Hall–Kier alpha value is -1.07. The Balaban J connectivity index is 4.16. The molecule has 0 aliphatic carbocycles. The molecule has 0 amide bonds. The molecule has 0 radical (unpaired) electrons. The van der Waals surface area contributed by atoms with Crippen LogP contribution in [0.4, 0.5) is 0 Å². The van der Waals surface area contributed by atoms with Crippen molar-refractivity contribution in [2.45, 2.75) is 0 Å². The van der Waals surface area contributed by atoms with Crippen LogP contribution in [0.15, 0.2) is 0 Å². The van der Waals surface area contributed by atoms with E-state index in [9.17, 15) is 9.59 Å². The van der Waals surface area contributed by atoms with Crippen molar-refractivity contribution in [3.05, 3.63) is 0 Å². The van der Waals surface area contributed by atoms with Crippen molar-refractivity contribution in [3.8, 4) is 0 Å². The summed E-state index contributed by atoms with van der Waals surface area (Å²) in [6.45, 7) is -0.349. The van der Waals surface area contributed by atoms with Crippen LogP contribution in [0.1, 0.15) is 0 Å². The number of nitrogens with zero attached hydrogens (tertiary/aromatic N) is 2. The van der Waals surface area contributed by atoms with Gasteiger partial charge in [-0.25, -0.2) is 0 Å². The summed E-state index contributed by atoms with van der Waals surface area (Å²) in [6, 6.07) is 0. The summed E-state index contributed by atoms with van der Waals surface area (Å²) >= 11 is 2.63. The first kappa shape index (κ1) is 12.9. The Morgan fingerprint density at radius 2 is 1.36 bits per heavy atom. The number of carbonyl (C=O) groups is 2. The van der Waals surface area contributed by atoms with E-state index in [-0.39, 0.29) is 13.1 Å². The van der Waals surface area contributed by atoms with Crippen molar-refractivity contribution in [2.75, 3.05) is 27.2 Å². The topological polar surface area (TPSA) is 81.1 Å². The second kappa shape index (κ2) is 5.62. The molecular formula is C7H12N2O4Se. The van der Waals surface area contributed by atoms with Crippen molar-refractivity contribution < 1.29 is 19.8 Å². The van der Waals surface area contributed by atoms with Gasteiger partial charge in [-0.1, -0.05) is 0 Å². The number of likely N-dealkylation sites (N-methyl/N-ethyl adjacent to an activating group) is 2. The first-order valence-corrected chi connectivity index (χ1v) is 4.60. The zero-order chi connectivity index (χ0) is 11.3. The van der Waals surface area contributed by atoms with E-state index in [2.05, 4.69) is 15.6 Å². The molecule has 0 fully saturated rings. The maximum atomic E-state index is 10.4. The van der Waals surface area contributed by atoms with E-state index in [0.29, 0.717) is 4.67 Å². The molecule has 0 bridgehead atoms. The molecule has 0 aromatic heterocycles. The molecule has 0 aliphatic rings. The fourth-order valence-electron chi connectivity index (χ4n) is 0.832. The van der Waals surface area contributed by atoms with Crippen LogP contribution < -0.4 is 0 Å². The molecule has 80 valence electrons. The van der Waals surface area contributed by atoms with E-state index in [4.69, 9.17) is 10.2 Å². The molecule has 0 heterocycles. The van der Waals surface area contributed by atoms with Gasteiger partial charge in [0.1, 0.15) is 0 Å². The molecule has 0 saturated heterocycles. The predicted octanol–water partition coefficient (Wildman–Crippen LogP) is -1.72. The van der Waals surface area contributed by atoms with Gasteiger partial charge in [0.2, 0.25) is 0 Å². The summed E-state index contributed by atoms with van der Waals surface area (Å²) < 4.78 is 0.481. The van der Waals surface area contributed by atoms with Gasteiger partial charge in [0, 0.05) is 0 Å².